The highest BCUT2D eigenvalue weighted by Crippen LogP contribution is 2.13. The van der Waals surface area contributed by atoms with Crippen LogP contribution in [-0.2, 0) is 9.53 Å². The first-order valence-electron chi connectivity index (χ1n) is 4.74. The summed E-state index contributed by atoms with van der Waals surface area (Å²) in [6.45, 7) is 0.775. The van der Waals surface area contributed by atoms with Crippen LogP contribution in [0.1, 0.15) is 25.7 Å². The largest absolute Gasteiger partial charge is 0.480 e. The second-order valence-corrected chi connectivity index (χ2v) is 3.39. The van der Waals surface area contributed by atoms with Crippen molar-refractivity contribution in [3.63, 3.8) is 0 Å². The van der Waals surface area contributed by atoms with Gasteiger partial charge in [-0.25, -0.2) is 0 Å². The molecule has 0 aromatic carbocycles. The Labute approximate surface area is 78.3 Å². The molecule has 0 amide bonds. The van der Waals surface area contributed by atoms with E-state index in [1.807, 2.05) is 0 Å². The van der Waals surface area contributed by atoms with Gasteiger partial charge in [-0.15, -0.1) is 0 Å². The second kappa shape index (κ2) is 5.19. The summed E-state index contributed by atoms with van der Waals surface area (Å²) in [5.41, 5.74) is 0. The number of carboxylic acids is 1. The highest BCUT2D eigenvalue weighted by molar-refractivity contribution is 5.74. The van der Waals surface area contributed by atoms with Gasteiger partial charge in [0.15, 0.2) is 0 Å². The summed E-state index contributed by atoms with van der Waals surface area (Å²) in [7, 11) is 1.57. The van der Waals surface area contributed by atoms with Gasteiger partial charge < -0.3 is 15.2 Å². The minimum absolute atomic E-state index is 0.183. The van der Waals surface area contributed by atoms with Crippen LogP contribution in [0.4, 0.5) is 0 Å². The Morgan fingerprint density at radius 2 is 2.23 bits per heavy atom. The van der Waals surface area contributed by atoms with Crippen LogP contribution in [-0.4, -0.2) is 36.9 Å². The van der Waals surface area contributed by atoms with Crippen molar-refractivity contribution in [1.29, 1.82) is 0 Å². The van der Waals surface area contributed by atoms with E-state index in [1.54, 1.807) is 7.11 Å². The van der Waals surface area contributed by atoms with Crippen LogP contribution in [0.3, 0.4) is 0 Å². The standard InChI is InChI=1S/C9H17NO3/c1-13-7-5-3-2-4-6-10-8(7)9(11)12/h7-8,10H,2-6H2,1H3,(H,11,12). The van der Waals surface area contributed by atoms with Gasteiger partial charge in [0.2, 0.25) is 0 Å². The van der Waals surface area contributed by atoms with Crippen molar-refractivity contribution in [2.45, 2.75) is 37.8 Å². The van der Waals surface area contributed by atoms with Gasteiger partial charge in [-0.1, -0.05) is 12.8 Å². The lowest BCUT2D eigenvalue weighted by Crippen LogP contribution is -2.48. The molecule has 0 bridgehead atoms. The molecule has 4 heteroatoms. The van der Waals surface area contributed by atoms with Gasteiger partial charge in [0.1, 0.15) is 6.04 Å². The molecule has 1 aliphatic heterocycles. The van der Waals surface area contributed by atoms with Gasteiger partial charge in [-0.2, -0.15) is 0 Å². The topological polar surface area (TPSA) is 58.6 Å². The van der Waals surface area contributed by atoms with Crippen LogP contribution >= 0.6 is 0 Å². The summed E-state index contributed by atoms with van der Waals surface area (Å²) in [4.78, 5) is 10.8. The monoisotopic (exact) mass is 187 g/mol. The molecule has 2 atom stereocenters. The van der Waals surface area contributed by atoms with Crippen LogP contribution in [0.25, 0.3) is 0 Å². The Bertz CT molecular complexity index is 172. The zero-order valence-corrected chi connectivity index (χ0v) is 7.95. The minimum atomic E-state index is -0.811. The highest BCUT2D eigenvalue weighted by atomic mass is 16.5. The first kappa shape index (κ1) is 10.5. The normalized spacial score (nSPS) is 30.5. The van der Waals surface area contributed by atoms with Crippen molar-refractivity contribution in [1.82, 2.24) is 5.32 Å². The molecule has 4 nitrogen and oxygen atoms in total. The van der Waals surface area contributed by atoms with Crippen molar-refractivity contribution in [3.05, 3.63) is 0 Å². The number of carbonyl (C=O) groups is 1. The smallest absolute Gasteiger partial charge is 0.323 e. The lowest BCUT2D eigenvalue weighted by Gasteiger charge is -2.25. The summed E-state index contributed by atoms with van der Waals surface area (Å²) in [5, 5.41) is 11.9. The van der Waals surface area contributed by atoms with Gasteiger partial charge in [0, 0.05) is 7.11 Å². The molecule has 1 heterocycles. The zero-order chi connectivity index (χ0) is 9.68. The molecule has 1 fully saturated rings. The second-order valence-electron chi connectivity index (χ2n) is 3.39. The summed E-state index contributed by atoms with van der Waals surface area (Å²) < 4.78 is 5.16. The zero-order valence-electron chi connectivity index (χ0n) is 7.95. The van der Waals surface area contributed by atoms with E-state index in [9.17, 15) is 4.79 Å². The number of carboxylic acid groups (broad SMARTS) is 1. The first-order valence-corrected chi connectivity index (χ1v) is 4.74. The number of hydrogen-bond donors (Lipinski definition) is 2. The maximum Gasteiger partial charge on any atom is 0.323 e. The predicted molar refractivity (Wildman–Crippen MR) is 48.7 cm³/mol. The first-order chi connectivity index (χ1) is 6.25. The summed E-state index contributed by atoms with van der Waals surface area (Å²) >= 11 is 0. The average Bonchev–Trinajstić information content (AvgIpc) is 2.03. The number of methoxy groups -OCH3 is 1. The van der Waals surface area contributed by atoms with Gasteiger partial charge in [-0.05, 0) is 19.4 Å². The van der Waals surface area contributed by atoms with Crippen molar-refractivity contribution in [2.75, 3.05) is 13.7 Å². The molecule has 1 rings (SSSR count). The molecule has 0 radical (unpaired) electrons. The van der Waals surface area contributed by atoms with Crippen LogP contribution in [0.5, 0.6) is 0 Å². The lowest BCUT2D eigenvalue weighted by atomic mass is 10.0. The van der Waals surface area contributed by atoms with E-state index >= 15 is 0 Å². The molecule has 0 aromatic rings. The quantitative estimate of drug-likeness (QED) is 0.665. The number of rotatable bonds is 2. The Morgan fingerprint density at radius 1 is 1.46 bits per heavy atom. The molecule has 0 aliphatic carbocycles. The fraction of sp³-hybridized carbons (Fsp3) is 0.889. The molecule has 1 saturated heterocycles. The van der Waals surface area contributed by atoms with Gasteiger partial charge in [0.25, 0.3) is 0 Å². The van der Waals surface area contributed by atoms with Crippen LogP contribution in [0.2, 0.25) is 0 Å². The molecule has 0 aromatic heterocycles. The number of ether oxygens (including phenoxy) is 1. The number of nitrogens with one attached hydrogen (secondary N) is 1. The Morgan fingerprint density at radius 3 is 2.85 bits per heavy atom. The molecule has 0 spiro atoms. The van der Waals surface area contributed by atoms with Crippen molar-refractivity contribution in [3.8, 4) is 0 Å². The summed E-state index contributed by atoms with van der Waals surface area (Å²) in [6, 6.07) is -0.537. The Kier molecular flexibility index (Phi) is 4.18. The van der Waals surface area contributed by atoms with E-state index in [0.717, 1.165) is 32.2 Å². The van der Waals surface area contributed by atoms with Gasteiger partial charge in [0.05, 0.1) is 6.10 Å². The molecule has 1 aliphatic rings. The summed E-state index contributed by atoms with van der Waals surface area (Å²) in [5.74, 6) is -0.811. The minimum Gasteiger partial charge on any atom is -0.480 e. The van der Waals surface area contributed by atoms with E-state index in [0.29, 0.717) is 0 Å². The number of aliphatic carboxylic acids is 1. The van der Waals surface area contributed by atoms with Crippen LogP contribution < -0.4 is 5.32 Å². The fourth-order valence-electron chi connectivity index (χ4n) is 1.70. The maximum absolute atomic E-state index is 10.8. The van der Waals surface area contributed by atoms with Crippen molar-refractivity contribution < 1.29 is 14.6 Å². The van der Waals surface area contributed by atoms with Crippen LogP contribution in [0, 0.1) is 0 Å². The van der Waals surface area contributed by atoms with E-state index < -0.39 is 12.0 Å². The number of hydrogen-bond acceptors (Lipinski definition) is 3. The lowest BCUT2D eigenvalue weighted by molar-refractivity contribution is -0.143. The molecular formula is C9H17NO3. The summed E-state index contributed by atoms with van der Waals surface area (Å²) in [6.07, 6.45) is 3.92. The van der Waals surface area contributed by atoms with E-state index in [4.69, 9.17) is 9.84 Å². The van der Waals surface area contributed by atoms with Crippen molar-refractivity contribution in [2.24, 2.45) is 0 Å². The highest BCUT2D eigenvalue weighted by Gasteiger charge is 2.27. The predicted octanol–water partition coefficient (Wildman–Crippen LogP) is 0.618. The van der Waals surface area contributed by atoms with E-state index in [-0.39, 0.29) is 6.10 Å². The fourth-order valence-corrected chi connectivity index (χ4v) is 1.70. The maximum atomic E-state index is 10.8. The molecule has 2 unspecified atom stereocenters. The third-order valence-corrected chi connectivity index (χ3v) is 2.47. The van der Waals surface area contributed by atoms with Crippen LogP contribution in [0.15, 0.2) is 0 Å². The van der Waals surface area contributed by atoms with E-state index in [1.165, 1.54) is 0 Å². The molecule has 0 saturated carbocycles. The van der Waals surface area contributed by atoms with Crippen molar-refractivity contribution >= 4 is 5.97 Å². The average molecular weight is 187 g/mol. The third kappa shape index (κ3) is 2.97. The SMILES string of the molecule is COC1CCCCCNC1C(=O)O. The third-order valence-electron chi connectivity index (χ3n) is 2.47. The van der Waals surface area contributed by atoms with E-state index in [2.05, 4.69) is 5.32 Å². The Hall–Kier alpha value is -0.610. The Balaban J connectivity index is 2.55. The van der Waals surface area contributed by atoms with Gasteiger partial charge >= 0.3 is 5.97 Å². The van der Waals surface area contributed by atoms with Gasteiger partial charge in [-0.3, -0.25) is 4.79 Å². The molecule has 13 heavy (non-hydrogen) atoms. The molecule has 76 valence electrons. The molecular weight excluding hydrogens is 170 g/mol. The molecule has 2 N–H and O–H groups in total.